The first-order valence-corrected chi connectivity index (χ1v) is 4.80. The van der Waals surface area contributed by atoms with Crippen LogP contribution in [0.1, 0.15) is 34.1 Å². The average Bonchev–Trinajstić information content (AvgIpc) is 2.20. The van der Waals surface area contributed by atoms with Gasteiger partial charge in [0.25, 0.3) is 0 Å². The van der Waals surface area contributed by atoms with Crippen molar-refractivity contribution in [2.45, 2.75) is 34.1 Å². The molecule has 3 heteroatoms. The normalized spacial score (nSPS) is 15.5. The van der Waals surface area contributed by atoms with Crippen LogP contribution in [0.5, 0.6) is 0 Å². The van der Waals surface area contributed by atoms with Gasteiger partial charge in [-0.3, -0.25) is 0 Å². The van der Waals surface area contributed by atoms with E-state index < -0.39 is 11.4 Å². The summed E-state index contributed by atoms with van der Waals surface area (Å²) < 4.78 is 4.91. The van der Waals surface area contributed by atoms with Gasteiger partial charge in [0, 0.05) is 0 Å². The number of nitriles is 1. The highest BCUT2D eigenvalue weighted by atomic mass is 16.5. The molecule has 0 aromatic carbocycles. The second-order valence-corrected chi connectivity index (χ2v) is 3.06. The van der Waals surface area contributed by atoms with Crippen LogP contribution in [0.3, 0.4) is 0 Å². The zero-order valence-corrected chi connectivity index (χ0v) is 9.26. The number of hydrogen-bond donors (Lipinski definition) is 0. The molecule has 3 nitrogen and oxygen atoms in total. The van der Waals surface area contributed by atoms with Gasteiger partial charge < -0.3 is 4.74 Å². The van der Waals surface area contributed by atoms with Crippen molar-refractivity contribution in [3.8, 4) is 6.07 Å². The summed E-state index contributed by atoms with van der Waals surface area (Å²) in [6, 6.07) is 2.06. The minimum absolute atomic E-state index is 0.305. The fourth-order valence-electron chi connectivity index (χ4n) is 1.30. The Kier molecular flexibility index (Phi) is 4.93. The van der Waals surface area contributed by atoms with Crippen LogP contribution in [-0.2, 0) is 9.53 Å². The lowest BCUT2D eigenvalue weighted by Crippen LogP contribution is -2.32. The highest BCUT2D eigenvalue weighted by Crippen LogP contribution is 2.31. The Balaban J connectivity index is 5.10. The minimum Gasteiger partial charge on any atom is -0.465 e. The standard InChI is InChI=1S/C11H17NO2/c1-5-9(4)11(6-2,8-12)10(13)14-7-3/h5H,6-7H2,1-4H3/b9-5-/t11-/m1/s1. The molecule has 0 saturated carbocycles. The van der Waals surface area contributed by atoms with Crippen molar-refractivity contribution < 1.29 is 9.53 Å². The summed E-state index contributed by atoms with van der Waals surface area (Å²) in [5.41, 5.74) is -0.342. The lowest BCUT2D eigenvalue weighted by molar-refractivity contribution is -0.150. The van der Waals surface area contributed by atoms with Crippen LogP contribution < -0.4 is 0 Å². The van der Waals surface area contributed by atoms with Gasteiger partial charge in [-0.05, 0) is 32.8 Å². The van der Waals surface area contributed by atoms with Crippen LogP contribution in [0.2, 0.25) is 0 Å². The molecule has 0 aliphatic rings. The molecule has 0 aliphatic carbocycles. The topological polar surface area (TPSA) is 50.1 Å². The van der Waals surface area contributed by atoms with Crippen LogP contribution in [0.25, 0.3) is 0 Å². The first-order valence-electron chi connectivity index (χ1n) is 4.80. The number of ether oxygens (including phenoxy) is 1. The van der Waals surface area contributed by atoms with Gasteiger partial charge >= 0.3 is 5.97 Å². The van der Waals surface area contributed by atoms with Crippen molar-refractivity contribution in [3.63, 3.8) is 0 Å². The highest BCUT2D eigenvalue weighted by molar-refractivity contribution is 5.83. The fourth-order valence-corrected chi connectivity index (χ4v) is 1.30. The van der Waals surface area contributed by atoms with Crippen molar-refractivity contribution in [1.29, 1.82) is 5.26 Å². The fraction of sp³-hybridized carbons (Fsp3) is 0.636. The molecule has 0 saturated heterocycles. The van der Waals surface area contributed by atoms with Crippen LogP contribution in [0.4, 0.5) is 0 Å². The number of rotatable bonds is 4. The smallest absolute Gasteiger partial charge is 0.330 e. The van der Waals surface area contributed by atoms with E-state index in [4.69, 9.17) is 10.00 Å². The molecule has 1 atom stereocenters. The Morgan fingerprint density at radius 2 is 2.14 bits per heavy atom. The molecule has 0 spiro atoms. The lowest BCUT2D eigenvalue weighted by Gasteiger charge is -2.23. The third kappa shape index (κ3) is 2.14. The van der Waals surface area contributed by atoms with Gasteiger partial charge in [-0.15, -0.1) is 0 Å². The summed E-state index contributed by atoms with van der Waals surface area (Å²) in [4.78, 5) is 11.6. The summed E-state index contributed by atoms with van der Waals surface area (Å²) in [5.74, 6) is -0.444. The number of nitrogens with zero attached hydrogens (tertiary/aromatic N) is 1. The van der Waals surface area contributed by atoms with Gasteiger partial charge in [0.15, 0.2) is 5.41 Å². The maximum Gasteiger partial charge on any atom is 0.330 e. The minimum atomic E-state index is -1.09. The molecule has 0 aromatic rings. The molecule has 0 heterocycles. The number of carbonyl (C=O) groups is 1. The molecule has 0 amide bonds. The lowest BCUT2D eigenvalue weighted by atomic mass is 9.79. The number of allylic oxidation sites excluding steroid dienone is 1. The van der Waals surface area contributed by atoms with Crippen molar-refractivity contribution in [3.05, 3.63) is 11.6 Å². The number of carbonyl (C=O) groups excluding carboxylic acids is 1. The monoisotopic (exact) mass is 195 g/mol. The van der Waals surface area contributed by atoms with Crippen LogP contribution in [0.15, 0.2) is 11.6 Å². The SMILES string of the molecule is C/C=C(/C)[C@](C#N)(CC)C(=O)OCC. The zero-order valence-electron chi connectivity index (χ0n) is 9.26. The maximum atomic E-state index is 11.6. The second-order valence-electron chi connectivity index (χ2n) is 3.06. The van der Waals surface area contributed by atoms with E-state index in [0.29, 0.717) is 13.0 Å². The molecule has 0 aliphatic heterocycles. The van der Waals surface area contributed by atoms with E-state index in [9.17, 15) is 4.79 Å². The molecule has 0 rings (SSSR count). The Hall–Kier alpha value is -1.30. The molecule has 14 heavy (non-hydrogen) atoms. The summed E-state index contributed by atoms with van der Waals surface area (Å²) in [6.07, 6.45) is 2.22. The Bertz CT molecular complexity index is 276. The van der Waals surface area contributed by atoms with Crippen molar-refractivity contribution in [2.75, 3.05) is 6.61 Å². The number of esters is 1. The summed E-state index contributed by atoms with van der Waals surface area (Å²) in [6.45, 7) is 7.45. The molecule has 0 bridgehead atoms. The zero-order chi connectivity index (χ0) is 11.2. The third-order valence-corrected chi connectivity index (χ3v) is 2.45. The van der Waals surface area contributed by atoms with Gasteiger partial charge in [0.1, 0.15) is 0 Å². The Labute approximate surface area is 85.4 Å². The third-order valence-electron chi connectivity index (χ3n) is 2.45. The van der Waals surface area contributed by atoms with Gasteiger partial charge in [0.05, 0.1) is 12.7 Å². The van der Waals surface area contributed by atoms with E-state index in [-0.39, 0.29) is 0 Å². The molecule has 0 aromatic heterocycles. The predicted molar refractivity (Wildman–Crippen MR) is 54.4 cm³/mol. The highest BCUT2D eigenvalue weighted by Gasteiger charge is 2.39. The van der Waals surface area contributed by atoms with Gasteiger partial charge in [0.2, 0.25) is 0 Å². The molecular weight excluding hydrogens is 178 g/mol. The van der Waals surface area contributed by atoms with Gasteiger partial charge in [-0.2, -0.15) is 5.26 Å². The first-order chi connectivity index (χ1) is 6.58. The van der Waals surface area contributed by atoms with E-state index in [1.54, 1.807) is 19.9 Å². The van der Waals surface area contributed by atoms with Crippen LogP contribution in [-0.4, -0.2) is 12.6 Å². The molecule has 0 N–H and O–H groups in total. The van der Waals surface area contributed by atoms with E-state index >= 15 is 0 Å². The second kappa shape index (κ2) is 5.43. The molecular formula is C11H17NO2. The van der Waals surface area contributed by atoms with Crippen LogP contribution in [0, 0.1) is 16.7 Å². The molecule has 0 radical (unpaired) electrons. The average molecular weight is 195 g/mol. The van der Waals surface area contributed by atoms with Gasteiger partial charge in [-0.25, -0.2) is 4.79 Å². The van der Waals surface area contributed by atoms with Crippen molar-refractivity contribution >= 4 is 5.97 Å². The summed E-state index contributed by atoms with van der Waals surface area (Å²) in [7, 11) is 0. The van der Waals surface area contributed by atoms with E-state index in [1.165, 1.54) is 0 Å². The Morgan fingerprint density at radius 1 is 1.57 bits per heavy atom. The van der Waals surface area contributed by atoms with Crippen molar-refractivity contribution in [1.82, 2.24) is 0 Å². The summed E-state index contributed by atoms with van der Waals surface area (Å²) >= 11 is 0. The number of hydrogen-bond acceptors (Lipinski definition) is 3. The molecule has 0 unspecified atom stereocenters. The maximum absolute atomic E-state index is 11.6. The van der Waals surface area contributed by atoms with Crippen LogP contribution >= 0.6 is 0 Å². The van der Waals surface area contributed by atoms with Crippen molar-refractivity contribution in [2.24, 2.45) is 5.41 Å². The van der Waals surface area contributed by atoms with E-state index in [2.05, 4.69) is 6.07 Å². The largest absolute Gasteiger partial charge is 0.465 e. The van der Waals surface area contributed by atoms with E-state index in [0.717, 1.165) is 5.57 Å². The quantitative estimate of drug-likeness (QED) is 0.511. The first kappa shape index (κ1) is 12.7. The van der Waals surface area contributed by atoms with E-state index in [1.807, 2.05) is 13.8 Å². The molecule has 78 valence electrons. The Morgan fingerprint density at radius 3 is 2.43 bits per heavy atom. The predicted octanol–water partition coefficient (Wildman–Crippen LogP) is 2.44. The summed E-state index contributed by atoms with van der Waals surface area (Å²) in [5, 5.41) is 9.08. The van der Waals surface area contributed by atoms with Gasteiger partial charge in [-0.1, -0.05) is 13.0 Å². The molecule has 0 fully saturated rings.